The fourth-order valence-corrected chi connectivity index (χ4v) is 3.25. The van der Waals surface area contributed by atoms with Gasteiger partial charge in [-0.25, -0.2) is 4.79 Å². The van der Waals surface area contributed by atoms with Crippen LogP contribution in [0.25, 0.3) is 0 Å². The smallest absolute Gasteiger partial charge is 0.331 e. The van der Waals surface area contributed by atoms with Crippen LogP contribution in [0.5, 0.6) is 0 Å². The minimum absolute atomic E-state index is 0.185. The Labute approximate surface area is 162 Å². The van der Waals surface area contributed by atoms with Crippen LogP contribution in [0, 0.1) is 5.92 Å². The van der Waals surface area contributed by atoms with Crippen LogP contribution in [0.2, 0.25) is 0 Å². The van der Waals surface area contributed by atoms with Gasteiger partial charge in [-0.15, -0.1) is 0 Å². The molecule has 146 valence electrons. The number of carbonyl (C=O) groups excluding carboxylic acids is 4. The summed E-state index contributed by atoms with van der Waals surface area (Å²) >= 11 is 1.31. The molecule has 1 aromatic rings. The van der Waals surface area contributed by atoms with E-state index >= 15 is 0 Å². The van der Waals surface area contributed by atoms with E-state index < -0.39 is 35.8 Å². The van der Waals surface area contributed by atoms with Crippen molar-refractivity contribution in [2.75, 3.05) is 18.6 Å². The monoisotopic (exact) mass is 392 g/mol. The van der Waals surface area contributed by atoms with Crippen molar-refractivity contribution in [3.63, 3.8) is 0 Å². The second-order valence-electron chi connectivity index (χ2n) is 6.72. The average molecular weight is 392 g/mol. The number of fused-ring (bicyclic) bond motifs is 1. The van der Waals surface area contributed by atoms with Crippen molar-refractivity contribution < 1.29 is 23.9 Å². The molecule has 0 aliphatic carbocycles. The summed E-state index contributed by atoms with van der Waals surface area (Å²) in [6, 6.07) is 5.35. The molecule has 1 heterocycles. The third-order valence-electron chi connectivity index (χ3n) is 4.08. The van der Waals surface area contributed by atoms with E-state index in [0.29, 0.717) is 6.54 Å². The summed E-state index contributed by atoms with van der Waals surface area (Å²) in [5.41, 5.74) is 0.535. The first-order valence-electron chi connectivity index (χ1n) is 8.72. The second kappa shape index (κ2) is 9.03. The Morgan fingerprint density at radius 1 is 1.11 bits per heavy atom. The van der Waals surface area contributed by atoms with E-state index in [9.17, 15) is 19.2 Å². The Morgan fingerprint density at radius 2 is 1.67 bits per heavy atom. The van der Waals surface area contributed by atoms with Crippen LogP contribution < -0.4 is 5.32 Å². The van der Waals surface area contributed by atoms with Gasteiger partial charge in [0.2, 0.25) is 0 Å². The zero-order valence-corrected chi connectivity index (χ0v) is 16.7. The fourth-order valence-electron chi connectivity index (χ4n) is 2.65. The van der Waals surface area contributed by atoms with E-state index in [-0.39, 0.29) is 22.8 Å². The van der Waals surface area contributed by atoms with Crippen LogP contribution in [0.1, 0.15) is 41.5 Å². The Hall–Kier alpha value is -2.35. The number of hydrogen-bond donors (Lipinski definition) is 1. The zero-order chi connectivity index (χ0) is 20.1. The SMILES string of the molecule is CSC[C@@H](C(=O)O[C@@H](C)C(=O)NCC(C)C)N1C(=O)c2ccccc2C1=O. The van der Waals surface area contributed by atoms with Gasteiger partial charge >= 0.3 is 5.97 Å². The van der Waals surface area contributed by atoms with Crippen molar-refractivity contribution >= 4 is 35.5 Å². The first-order chi connectivity index (χ1) is 12.8. The van der Waals surface area contributed by atoms with E-state index in [4.69, 9.17) is 4.74 Å². The lowest BCUT2D eigenvalue weighted by molar-refractivity contribution is -0.157. The summed E-state index contributed by atoms with van der Waals surface area (Å²) in [7, 11) is 0. The summed E-state index contributed by atoms with van der Waals surface area (Å²) in [6.45, 7) is 5.83. The molecule has 7 nitrogen and oxygen atoms in total. The maximum absolute atomic E-state index is 12.7. The Morgan fingerprint density at radius 3 is 2.15 bits per heavy atom. The summed E-state index contributed by atoms with van der Waals surface area (Å²) in [6.07, 6.45) is 0.743. The Balaban J connectivity index is 2.13. The molecule has 1 N–H and O–H groups in total. The molecule has 0 bridgehead atoms. The van der Waals surface area contributed by atoms with Crippen molar-refractivity contribution in [1.29, 1.82) is 0 Å². The first kappa shape index (κ1) is 21.0. The van der Waals surface area contributed by atoms with Crippen LogP contribution >= 0.6 is 11.8 Å². The summed E-state index contributed by atoms with van der Waals surface area (Å²) < 4.78 is 5.26. The molecular formula is C19H24N2O5S. The molecule has 1 aromatic carbocycles. The van der Waals surface area contributed by atoms with Gasteiger partial charge in [0.1, 0.15) is 6.04 Å². The molecule has 0 spiro atoms. The number of amides is 3. The zero-order valence-electron chi connectivity index (χ0n) is 15.9. The van der Waals surface area contributed by atoms with Gasteiger partial charge < -0.3 is 10.1 Å². The molecule has 0 unspecified atom stereocenters. The van der Waals surface area contributed by atoms with Gasteiger partial charge in [0, 0.05) is 12.3 Å². The topological polar surface area (TPSA) is 92.8 Å². The van der Waals surface area contributed by atoms with Gasteiger partial charge in [-0.1, -0.05) is 26.0 Å². The maximum Gasteiger partial charge on any atom is 0.331 e. The maximum atomic E-state index is 12.7. The first-order valence-corrected chi connectivity index (χ1v) is 10.1. The second-order valence-corrected chi connectivity index (χ2v) is 7.63. The van der Waals surface area contributed by atoms with E-state index in [0.717, 1.165) is 4.90 Å². The number of rotatable bonds is 8. The largest absolute Gasteiger partial charge is 0.451 e. The van der Waals surface area contributed by atoms with Crippen molar-refractivity contribution in [1.82, 2.24) is 10.2 Å². The van der Waals surface area contributed by atoms with E-state index in [1.54, 1.807) is 30.5 Å². The molecule has 3 amide bonds. The van der Waals surface area contributed by atoms with E-state index in [2.05, 4.69) is 5.32 Å². The van der Waals surface area contributed by atoms with Gasteiger partial charge in [-0.05, 0) is 31.2 Å². The number of thioether (sulfide) groups is 1. The minimum Gasteiger partial charge on any atom is -0.451 e. The Bertz CT molecular complexity index is 714. The molecule has 1 aliphatic rings. The molecule has 0 radical (unpaired) electrons. The fraction of sp³-hybridized carbons (Fsp3) is 0.474. The lowest BCUT2D eigenvalue weighted by Gasteiger charge is -2.25. The van der Waals surface area contributed by atoms with Crippen LogP contribution in [0.4, 0.5) is 0 Å². The number of esters is 1. The van der Waals surface area contributed by atoms with Crippen molar-refractivity contribution in [2.24, 2.45) is 5.92 Å². The van der Waals surface area contributed by atoms with Gasteiger partial charge in [0.25, 0.3) is 17.7 Å². The highest BCUT2D eigenvalue weighted by molar-refractivity contribution is 7.98. The van der Waals surface area contributed by atoms with Gasteiger partial charge in [0.15, 0.2) is 6.10 Å². The number of ether oxygens (including phenoxy) is 1. The summed E-state index contributed by atoms with van der Waals surface area (Å²) in [5, 5.41) is 2.69. The third-order valence-corrected chi connectivity index (χ3v) is 4.73. The standard InChI is InChI=1S/C19H24N2O5S/c1-11(2)9-20-16(22)12(3)26-19(25)15(10-27-4)21-17(23)13-7-5-6-8-14(13)18(21)24/h5-8,11-12,15H,9-10H2,1-4H3,(H,20,22)/t12-,15-/m0/s1. The number of hydrogen-bond acceptors (Lipinski definition) is 6. The molecular weight excluding hydrogens is 368 g/mol. The van der Waals surface area contributed by atoms with Crippen molar-refractivity contribution in [2.45, 2.75) is 32.9 Å². The molecule has 8 heteroatoms. The van der Waals surface area contributed by atoms with E-state index in [1.165, 1.54) is 18.7 Å². The van der Waals surface area contributed by atoms with Crippen LogP contribution in [-0.4, -0.2) is 59.3 Å². The molecule has 0 saturated heterocycles. The number of imide groups is 1. The highest BCUT2D eigenvalue weighted by Gasteiger charge is 2.43. The third kappa shape index (κ3) is 4.68. The Kier molecular flexibility index (Phi) is 7.01. The predicted molar refractivity (Wildman–Crippen MR) is 103 cm³/mol. The number of nitrogens with one attached hydrogen (secondary N) is 1. The van der Waals surface area contributed by atoms with Gasteiger partial charge in [-0.3, -0.25) is 19.3 Å². The van der Waals surface area contributed by atoms with Crippen LogP contribution in [0.15, 0.2) is 24.3 Å². The summed E-state index contributed by atoms with van der Waals surface area (Å²) in [4.78, 5) is 50.9. The van der Waals surface area contributed by atoms with Crippen LogP contribution in [-0.2, 0) is 14.3 Å². The number of benzene rings is 1. The molecule has 0 saturated carbocycles. The minimum atomic E-state index is -1.09. The van der Waals surface area contributed by atoms with Crippen molar-refractivity contribution in [3.05, 3.63) is 35.4 Å². The quantitative estimate of drug-likeness (QED) is 0.535. The molecule has 27 heavy (non-hydrogen) atoms. The molecule has 0 aromatic heterocycles. The number of carbonyl (C=O) groups is 4. The highest BCUT2D eigenvalue weighted by Crippen LogP contribution is 2.26. The normalized spacial score (nSPS) is 15.5. The van der Waals surface area contributed by atoms with Gasteiger partial charge in [-0.2, -0.15) is 11.8 Å². The van der Waals surface area contributed by atoms with Crippen LogP contribution in [0.3, 0.4) is 0 Å². The average Bonchev–Trinajstić information content (AvgIpc) is 2.88. The summed E-state index contributed by atoms with van der Waals surface area (Å²) in [5.74, 6) is -1.79. The van der Waals surface area contributed by atoms with E-state index in [1.807, 2.05) is 13.8 Å². The highest BCUT2D eigenvalue weighted by atomic mass is 32.2. The predicted octanol–water partition coefficient (Wildman–Crippen LogP) is 1.72. The lowest BCUT2D eigenvalue weighted by Crippen LogP contribution is -2.49. The van der Waals surface area contributed by atoms with Gasteiger partial charge in [0.05, 0.1) is 11.1 Å². The molecule has 2 atom stereocenters. The lowest BCUT2D eigenvalue weighted by atomic mass is 10.1. The van der Waals surface area contributed by atoms with Crippen molar-refractivity contribution in [3.8, 4) is 0 Å². The molecule has 2 rings (SSSR count). The molecule has 0 fully saturated rings. The molecule has 1 aliphatic heterocycles. The number of nitrogens with zero attached hydrogens (tertiary/aromatic N) is 1.